The van der Waals surface area contributed by atoms with Crippen LogP contribution in [0, 0.1) is 5.82 Å². The molecule has 1 aliphatic heterocycles. The number of anilines is 2. The normalized spacial score (nSPS) is 16.5. The number of pyridine rings is 1. The predicted octanol–water partition coefficient (Wildman–Crippen LogP) is 5.60. The Bertz CT molecular complexity index is 1100. The highest BCUT2D eigenvalue weighted by atomic mass is 35.5. The van der Waals surface area contributed by atoms with Crippen molar-refractivity contribution >= 4 is 40.8 Å². The lowest BCUT2D eigenvalue weighted by atomic mass is 10.2. The Morgan fingerprint density at radius 3 is 2.81 bits per heavy atom. The number of nitrogens with two attached hydrogens (primary N) is 1. The van der Waals surface area contributed by atoms with Crippen LogP contribution < -0.4 is 21.1 Å². The molecule has 1 aliphatic rings. The van der Waals surface area contributed by atoms with E-state index in [0.29, 0.717) is 10.6 Å². The van der Waals surface area contributed by atoms with E-state index in [4.69, 9.17) is 22.1 Å². The first-order chi connectivity index (χ1) is 14.8. The largest absolute Gasteiger partial charge is 0.453 e. The maximum Gasteiger partial charge on any atom is 0.263 e. The molecule has 6 nitrogen and oxygen atoms in total. The monoisotopic (exact) mass is 460 g/mol. The van der Waals surface area contributed by atoms with Gasteiger partial charge in [0.2, 0.25) is 0 Å². The molecule has 0 radical (unpaired) electrons. The summed E-state index contributed by atoms with van der Waals surface area (Å²) in [4.78, 5) is 17.1. The van der Waals surface area contributed by atoms with Gasteiger partial charge in [0.1, 0.15) is 16.2 Å². The van der Waals surface area contributed by atoms with Gasteiger partial charge in [-0.2, -0.15) is 0 Å². The van der Waals surface area contributed by atoms with Crippen LogP contribution in [0.3, 0.4) is 0 Å². The third kappa shape index (κ3) is 5.21. The molecular formula is C22H22ClFN4O2S. The maximum atomic E-state index is 14.6. The number of amides is 1. The second kappa shape index (κ2) is 9.89. The van der Waals surface area contributed by atoms with Gasteiger partial charge >= 0.3 is 0 Å². The molecule has 1 atom stereocenters. The van der Waals surface area contributed by atoms with E-state index in [1.165, 1.54) is 36.2 Å². The van der Waals surface area contributed by atoms with E-state index in [9.17, 15) is 9.18 Å². The number of nitrogens with one attached hydrogen (secondary N) is 2. The van der Waals surface area contributed by atoms with Crippen molar-refractivity contribution in [2.24, 2.45) is 0 Å². The Labute approximate surface area is 189 Å². The number of hydrogen-bond acceptors (Lipinski definition) is 6. The van der Waals surface area contributed by atoms with Gasteiger partial charge in [-0.1, -0.05) is 41.6 Å². The quantitative estimate of drug-likeness (QED) is 0.486. The number of halogens is 2. The number of nitrogen functional groups attached to an aromatic ring is 1. The summed E-state index contributed by atoms with van der Waals surface area (Å²) in [5.74, 6) is -0.752. The minimum atomic E-state index is -0.658. The van der Waals surface area contributed by atoms with Gasteiger partial charge in [0.15, 0.2) is 17.3 Å². The SMILES string of the molecule is C/C=C\C(=C/C)C1NC(C)=C(C(=O)Nc2ccc(Oc3ccnc(N)c3Cl)c(F)c2)S1. The minimum Gasteiger partial charge on any atom is -0.453 e. The Morgan fingerprint density at radius 1 is 1.35 bits per heavy atom. The topological polar surface area (TPSA) is 89.3 Å². The van der Waals surface area contributed by atoms with Crippen LogP contribution in [0.25, 0.3) is 0 Å². The van der Waals surface area contributed by atoms with E-state index >= 15 is 0 Å². The van der Waals surface area contributed by atoms with Gasteiger partial charge in [-0.3, -0.25) is 4.79 Å². The number of aromatic nitrogens is 1. The number of carbonyl (C=O) groups is 1. The van der Waals surface area contributed by atoms with Crippen LogP contribution in [0.2, 0.25) is 5.02 Å². The van der Waals surface area contributed by atoms with Gasteiger partial charge in [-0.15, -0.1) is 0 Å². The lowest BCUT2D eigenvalue weighted by Crippen LogP contribution is -2.20. The van der Waals surface area contributed by atoms with Crippen molar-refractivity contribution in [2.45, 2.75) is 26.1 Å². The average Bonchev–Trinajstić information content (AvgIpc) is 3.13. The Balaban J connectivity index is 1.70. The van der Waals surface area contributed by atoms with E-state index < -0.39 is 5.82 Å². The fourth-order valence-corrected chi connectivity index (χ4v) is 4.25. The van der Waals surface area contributed by atoms with E-state index in [2.05, 4.69) is 15.6 Å². The van der Waals surface area contributed by atoms with Crippen LogP contribution in [0.1, 0.15) is 20.8 Å². The first kappa shape index (κ1) is 22.7. The Morgan fingerprint density at radius 2 is 2.13 bits per heavy atom. The zero-order valence-electron chi connectivity index (χ0n) is 17.2. The number of ether oxygens (including phenoxy) is 1. The van der Waals surface area contributed by atoms with Gasteiger partial charge in [-0.25, -0.2) is 9.37 Å². The first-order valence-electron chi connectivity index (χ1n) is 9.45. The van der Waals surface area contributed by atoms with Crippen molar-refractivity contribution in [3.8, 4) is 11.5 Å². The van der Waals surface area contributed by atoms with Crippen LogP contribution in [0.4, 0.5) is 15.9 Å². The summed E-state index contributed by atoms with van der Waals surface area (Å²) < 4.78 is 20.1. The summed E-state index contributed by atoms with van der Waals surface area (Å²) in [6, 6.07) is 5.62. The Kier molecular flexibility index (Phi) is 7.25. The Hall–Kier alpha value is -2.97. The molecule has 0 saturated carbocycles. The molecule has 162 valence electrons. The summed E-state index contributed by atoms with van der Waals surface area (Å²) >= 11 is 7.45. The third-order valence-corrected chi connectivity index (χ3v) is 6.15. The molecule has 0 saturated heterocycles. The number of allylic oxidation sites excluding steroid dienone is 3. The number of carbonyl (C=O) groups excluding carboxylic acids is 1. The second-order valence-corrected chi connectivity index (χ2v) is 8.09. The van der Waals surface area contributed by atoms with Crippen molar-refractivity contribution in [1.82, 2.24) is 10.3 Å². The van der Waals surface area contributed by atoms with Gasteiger partial charge in [0, 0.05) is 29.7 Å². The first-order valence-corrected chi connectivity index (χ1v) is 10.7. The van der Waals surface area contributed by atoms with Crippen LogP contribution >= 0.6 is 23.4 Å². The molecule has 1 aromatic carbocycles. The fourth-order valence-electron chi connectivity index (χ4n) is 2.89. The third-order valence-electron chi connectivity index (χ3n) is 4.42. The number of thioether (sulfide) groups is 1. The summed E-state index contributed by atoms with van der Waals surface area (Å²) in [5, 5.41) is 6.08. The van der Waals surface area contributed by atoms with Crippen molar-refractivity contribution in [3.05, 3.63) is 75.7 Å². The highest BCUT2D eigenvalue weighted by molar-refractivity contribution is 8.05. The molecular weight excluding hydrogens is 439 g/mol. The predicted molar refractivity (Wildman–Crippen MR) is 125 cm³/mol. The fraction of sp³-hybridized carbons (Fsp3) is 0.182. The number of rotatable bonds is 6. The molecule has 3 rings (SSSR count). The molecule has 0 spiro atoms. The van der Waals surface area contributed by atoms with Crippen molar-refractivity contribution < 1.29 is 13.9 Å². The lowest BCUT2D eigenvalue weighted by Gasteiger charge is -2.13. The molecule has 0 aliphatic carbocycles. The van der Waals surface area contributed by atoms with E-state index in [-0.39, 0.29) is 33.6 Å². The highest BCUT2D eigenvalue weighted by Crippen LogP contribution is 2.36. The van der Waals surface area contributed by atoms with E-state index in [1.54, 1.807) is 6.07 Å². The summed E-state index contributed by atoms with van der Waals surface area (Å²) in [7, 11) is 0. The number of hydrogen-bond donors (Lipinski definition) is 3. The summed E-state index contributed by atoms with van der Waals surface area (Å²) in [6.45, 7) is 5.73. The smallest absolute Gasteiger partial charge is 0.263 e. The van der Waals surface area contributed by atoms with Crippen LogP contribution in [-0.4, -0.2) is 16.3 Å². The van der Waals surface area contributed by atoms with Crippen LogP contribution in [0.15, 0.2) is 64.9 Å². The van der Waals surface area contributed by atoms with Crippen LogP contribution in [-0.2, 0) is 4.79 Å². The molecule has 1 aromatic heterocycles. The number of benzene rings is 1. The summed E-state index contributed by atoms with van der Waals surface area (Å²) in [5.41, 5.74) is 7.77. The average molecular weight is 461 g/mol. The van der Waals surface area contributed by atoms with Gasteiger partial charge < -0.3 is 21.1 Å². The highest BCUT2D eigenvalue weighted by Gasteiger charge is 2.28. The molecule has 31 heavy (non-hydrogen) atoms. The van der Waals surface area contributed by atoms with Gasteiger partial charge in [-0.05, 0) is 38.5 Å². The zero-order chi connectivity index (χ0) is 22.5. The summed E-state index contributed by atoms with van der Waals surface area (Å²) in [6.07, 6.45) is 7.35. The number of nitrogens with zero attached hydrogens (tertiary/aromatic N) is 1. The molecule has 1 unspecified atom stereocenters. The minimum absolute atomic E-state index is 0.0491. The lowest BCUT2D eigenvalue weighted by molar-refractivity contribution is -0.112. The standard InChI is InChI=1S/C22H22ClFN4O2S/c1-4-6-13(5-2)22-27-12(3)19(31-22)21(29)28-14-7-8-16(15(24)11-14)30-17-9-10-26-20(25)18(17)23/h4-11,22,27H,1-3H3,(H2,25,26)(H,28,29)/b6-4-,13-5+. The molecule has 2 aromatic rings. The molecule has 0 fully saturated rings. The van der Waals surface area contributed by atoms with Gasteiger partial charge in [0.25, 0.3) is 5.91 Å². The maximum absolute atomic E-state index is 14.6. The molecule has 4 N–H and O–H groups in total. The second-order valence-electron chi connectivity index (χ2n) is 6.59. The van der Waals surface area contributed by atoms with Crippen molar-refractivity contribution in [3.63, 3.8) is 0 Å². The molecule has 1 amide bonds. The van der Waals surface area contributed by atoms with E-state index in [1.807, 2.05) is 39.0 Å². The van der Waals surface area contributed by atoms with Crippen LogP contribution in [0.5, 0.6) is 11.5 Å². The van der Waals surface area contributed by atoms with E-state index in [0.717, 1.165) is 11.3 Å². The van der Waals surface area contributed by atoms with Crippen molar-refractivity contribution in [2.75, 3.05) is 11.1 Å². The zero-order valence-corrected chi connectivity index (χ0v) is 18.8. The molecule has 9 heteroatoms. The van der Waals surface area contributed by atoms with Gasteiger partial charge in [0.05, 0.1) is 4.91 Å². The van der Waals surface area contributed by atoms with Crippen molar-refractivity contribution in [1.29, 1.82) is 0 Å². The molecule has 0 bridgehead atoms. The molecule has 2 heterocycles.